The Morgan fingerprint density at radius 3 is 2.70 bits per heavy atom. The van der Waals surface area contributed by atoms with Crippen LogP contribution in [0.4, 0.5) is 5.69 Å². The standard InChI is InChI=1S/C13H19N3O4/c17-8-3-12(15-6-4-14-5-7-15)11-9-10(16(19)20)1-2-13(11)18/h1-2,9,12,14,17-18H,3-8H2/t12-/m1/s1. The van der Waals surface area contributed by atoms with E-state index in [1.807, 2.05) is 0 Å². The number of aliphatic hydroxyl groups is 1. The summed E-state index contributed by atoms with van der Waals surface area (Å²) in [5.74, 6) is 0.0348. The summed E-state index contributed by atoms with van der Waals surface area (Å²) in [6, 6.07) is 3.83. The molecule has 1 heterocycles. The quantitative estimate of drug-likeness (QED) is 0.541. The highest BCUT2D eigenvalue weighted by atomic mass is 16.6. The summed E-state index contributed by atoms with van der Waals surface area (Å²) in [7, 11) is 0. The second-order valence-electron chi connectivity index (χ2n) is 4.81. The van der Waals surface area contributed by atoms with Crippen molar-refractivity contribution in [3.05, 3.63) is 33.9 Å². The minimum absolute atomic E-state index is 0.0310. The zero-order valence-electron chi connectivity index (χ0n) is 11.2. The number of rotatable bonds is 5. The number of aromatic hydroxyl groups is 1. The van der Waals surface area contributed by atoms with Gasteiger partial charge in [0.25, 0.3) is 5.69 Å². The molecule has 0 amide bonds. The molecular formula is C13H19N3O4. The third-order valence-corrected chi connectivity index (χ3v) is 3.58. The fraction of sp³-hybridized carbons (Fsp3) is 0.538. The van der Waals surface area contributed by atoms with E-state index in [9.17, 15) is 20.3 Å². The van der Waals surface area contributed by atoms with Crippen molar-refractivity contribution in [3.8, 4) is 5.75 Å². The van der Waals surface area contributed by atoms with Gasteiger partial charge in [0, 0.05) is 56.5 Å². The first-order chi connectivity index (χ1) is 9.63. The summed E-state index contributed by atoms with van der Waals surface area (Å²) in [4.78, 5) is 12.5. The molecule has 1 fully saturated rings. The van der Waals surface area contributed by atoms with Gasteiger partial charge in [-0.25, -0.2) is 0 Å². The van der Waals surface area contributed by atoms with Crippen molar-refractivity contribution >= 4 is 5.69 Å². The number of benzene rings is 1. The molecule has 0 aliphatic carbocycles. The Balaban J connectivity index is 2.31. The Labute approximate surface area is 117 Å². The molecule has 1 aromatic rings. The van der Waals surface area contributed by atoms with E-state index in [0.29, 0.717) is 12.0 Å². The van der Waals surface area contributed by atoms with Gasteiger partial charge in [0.2, 0.25) is 0 Å². The average Bonchev–Trinajstić information content (AvgIpc) is 2.46. The van der Waals surface area contributed by atoms with Crippen molar-refractivity contribution in [2.24, 2.45) is 0 Å². The Hall–Kier alpha value is -1.70. The Morgan fingerprint density at radius 1 is 1.40 bits per heavy atom. The predicted octanol–water partition coefficient (Wildman–Crippen LogP) is 0.629. The van der Waals surface area contributed by atoms with Gasteiger partial charge in [-0.15, -0.1) is 0 Å². The van der Waals surface area contributed by atoms with Crippen LogP contribution in [0.5, 0.6) is 5.75 Å². The predicted molar refractivity (Wildman–Crippen MR) is 73.6 cm³/mol. The lowest BCUT2D eigenvalue weighted by atomic mass is 9.99. The van der Waals surface area contributed by atoms with Gasteiger partial charge in [-0.3, -0.25) is 15.0 Å². The molecule has 0 bridgehead atoms. The van der Waals surface area contributed by atoms with E-state index in [0.717, 1.165) is 26.2 Å². The smallest absolute Gasteiger partial charge is 0.270 e. The molecule has 110 valence electrons. The largest absolute Gasteiger partial charge is 0.508 e. The molecule has 0 aromatic heterocycles. The topological polar surface area (TPSA) is 98.9 Å². The molecular weight excluding hydrogens is 262 g/mol. The van der Waals surface area contributed by atoms with Crippen molar-refractivity contribution < 1.29 is 15.1 Å². The molecule has 0 spiro atoms. The number of nitro groups is 1. The van der Waals surface area contributed by atoms with Crippen LogP contribution in [0.25, 0.3) is 0 Å². The highest BCUT2D eigenvalue weighted by molar-refractivity contribution is 5.44. The van der Waals surface area contributed by atoms with Gasteiger partial charge in [0.05, 0.1) is 4.92 Å². The van der Waals surface area contributed by atoms with Gasteiger partial charge in [-0.2, -0.15) is 0 Å². The molecule has 2 rings (SSSR count). The van der Waals surface area contributed by atoms with Crippen LogP contribution in [0.15, 0.2) is 18.2 Å². The zero-order chi connectivity index (χ0) is 14.5. The monoisotopic (exact) mass is 281 g/mol. The molecule has 0 unspecified atom stereocenters. The summed E-state index contributed by atoms with van der Waals surface area (Å²) in [5, 5.41) is 33.3. The van der Waals surface area contributed by atoms with Crippen molar-refractivity contribution in [1.29, 1.82) is 0 Å². The summed E-state index contributed by atoms with van der Waals surface area (Å²) in [5.41, 5.74) is 0.464. The Kier molecular flexibility index (Phi) is 4.89. The van der Waals surface area contributed by atoms with Crippen LogP contribution < -0.4 is 5.32 Å². The first kappa shape index (κ1) is 14.7. The van der Waals surface area contributed by atoms with Gasteiger partial charge in [-0.1, -0.05) is 0 Å². The van der Waals surface area contributed by atoms with Crippen LogP contribution in [-0.2, 0) is 0 Å². The SMILES string of the molecule is O=[N+]([O-])c1ccc(O)c([C@@H](CCO)N2CCNCC2)c1. The minimum Gasteiger partial charge on any atom is -0.508 e. The fourth-order valence-electron chi connectivity index (χ4n) is 2.57. The molecule has 7 heteroatoms. The van der Waals surface area contributed by atoms with Crippen LogP contribution in [0.3, 0.4) is 0 Å². The molecule has 1 saturated heterocycles. The van der Waals surface area contributed by atoms with Crippen molar-refractivity contribution in [2.45, 2.75) is 12.5 Å². The van der Waals surface area contributed by atoms with E-state index < -0.39 is 4.92 Å². The van der Waals surface area contributed by atoms with Gasteiger partial charge in [0.15, 0.2) is 0 Å². The number of nitro benzene ring substituents is 1. The van der Waals surface area contributed by atoms with E-state index in [2.05, 4.69) is 10.2 Å². The molecule has 1 aliphatic heterocycles. The van der Waals surface area contributed by atoms with Crippen LogP contribution in [0.2, 0.25) is 0 Å². The molecule has 1 aromatic carbocycles. The number of aliphatic hydroxyl groups excluding tert-OH is 1. The minimum atomic E-state index is -0.475. The van der Waals surface area contributed by atoms with Crippen LogP contribution in [0, 0.1) is 10.1 Å². The molecule has 0 radical (unpaired) electrons. The third kappa shape index (κ3) is 3.24. The number of nitrogens with zero attached hydrogens (tertiary/aromatic N) is 2. The number of non-ortho nitro benzene ring substituents is 1. The summed E-state index contributed by atoms with van der Waals surface area (Å²) in [6.07, 6.45) is 0.439. The Morgan fingerprint density at radius 2 is 2.10 bits per heavy atom. The van der Waals surface area contributed by atoms with Gasteiger partial charge >= 0.3 is 0 Å². The second kappa shape index (κ2) is 6.65. The van der Waals surface area contributed by atoms with Gasteiger partial charge in [0.1, 0.15) is 5.75 Å². The first-order valence-electron chi connectivity index (χ1n) is 6.66. The lowest BCUT2D eigenvalue weighted by Crippen LogP contribution is -2.45. The van der Waals surface area contributed by atoms with Crippen molar-refractivity contribution in [2.75, 3.05) is 32.8 Å². The second-order valence-corrected chi connectivity index (χ2v) is 4.81. The number of hydrogen-bond acceptors (Lipinski definition) is 6. The molecule has 1 atom stereocenters. The van der Waals surface area contributed by atoms with Crippen LogP contribution in [-0.4, -0.2) is 52.8 Å². The molecule has 0 saturated carbocycles. The van der Waals surface area contributed by atoms with Crippen molar-refractivity contribution in [1.82, 2.24) is 10.2 Å². The normalized spacial score (nSPS) is 17.9. The summed E-state index contributed by atoms with van der Waals surface area (Å²) < 4.78 is 0. The average molecular weight is 281 g/mol. The molecule has 1 aliphatic rings. The van der Waals surface area contributed by atoms with Crippen LogP contribution in [0.1, 0.15) is 18.0 Å². The maximum absolute atomic E-state index is 10.9. The number of piperazine rings is 1. The molecule has 20 heavy (non-hydrogen) atoms. The van der Waals surface area contributed by atoms with Crippen molar-refractivity contribution in [3.63, 3.8) is 0 Å². The van der Waals surface area contributed by atoms with E-state index in [-0.39, 0.29) is 24.1 Å². The fourth-order valence-corrected chi connectivity index (χ4v) is 2.57. The summed E-state index contributed by atoms with van der Waals surface area (Å²) in [6.45, 7) is 3.20. The number of phenolic OH excluding ortho intramolecular Hbond substituents is 1. The number of nitrogens with one attached hydrogen (secondary N) is 1. The maximum atomic E-state index is 10.9. The third-order valence-electron chi connectivity index (χ3n) is 3.58. The van der Waals surface area contributed by atoms with E-state index in [1.165, 1.54) is 18.2 Å². The molecule has 3 N–H and O–H groups in total. The lowest BCUT2D eigenvalue weighted by molar-refractivity contribution is -0.385. The highest BCUT2D eigenvalue weighted by Crippen LogP contribution is 2.34. The summed E-state index contributed by atoms with van der Waals surface area (Å²) >= 11 is 0. The van der Waals surface area contributed by atoms with E-state index in [4.69, 9.17) is 0 Å². The number of hydrogen-bond donors (Lipinski definition) is 3. The maximum Gasteiger partial charge on any atom is 0.270 e. The van der Waals surface area contributed by atoms with Gasteiger partial charge in [-0.05, 0) is 12.5 Å². The first-order valence-corrected chi connectivity index (χ1v) is 6.66. The Bertz CT molecular complexity index is 475. The van der Waals surface area contributed by atoms with Crippen LogP contribution >= 0.6 is 0 Å². The number of phenols is 1. The zero-order valence-corrected chi connectivity index (χ0v) is 11.2. The molecule has 7 nitrogen and oxygen atoms in total. The highest BCUT2D eigenvalue weighted by Gasteiger charge is 2.25. The van der Waals surface area contributed by atoms with E-state index >= 15 is 0 Å². The lowest BCUT2D eigenvalue weighted by Gasteiger charge is -2.35. The van der Waals surface area contributed by atoms with Gasteiger partial charge < -0.3 is 15.5 Å². The van der Waals surface area contributed by atoms with E-state index in [1.54, 1.807) is 0 Å².